The lowest BCUT2D eigenvalue weighted by Crippen LogP contribution is -2.10. The zero-order valence-corrected chi connectivity index (χ0v) is 11.2. The van der Waals surface area contributed by atoms with Crippen molar-refractivity contribution in [2.75, 3.05) is 0 Å². The Balaban J connectivity index is 2.27. The van der Waals surface area contributed by atoms with Gasteiger partial charge in [-0.25, -0.2) is 9.97 Å². The van der Waals surface area contributed by atoms with E-state index in [2.05, 4.69) is 9.97 Å². The fraction of sp³-hybridized carbons (Fsp3) is 0.0833. The number of amidine groups is 1. The smallest absolute Gasteiger partial charge is 0.192 e. The van der Waals surface area contributed by atoms with Gasteiger partial charge in [0.25, 0.3) is 0 Å². The van der Waals surface area contributed by atoms with Gasteiger partial charge in [-0.3, -0.25) is 5.41 Å². The van der Waals surface area contributed by atoms with Crippen LogP contribution in [0.25, 0.3) is 0 Å². The highest BCUT2D eigenvalue weighted by Gasteiger charge is 2.07. The summed E-state index contributed by atoms with van der Waals surface area (Å²) in [7, 11) is 0. The van der Waals surface area contributed by atoms with Gasteiger partial charge in [-0.05, 0) is 36.9 Å². The van der Waals surface area contributed by atoms with Crippen molar-refractivity contribution in [2.45, 2.75) is 17.0 Å². The topological polar surface area (TPSA) is 75.7 Å². The van der Waals surface area contributed by atoms with Crippen molar-refractivity contribution in [3.8, 4) is 0 Å². The van der Waals surface area contributed by atoms with Crippen molar-refractivity contribution in [1.82, 2.24) is 9.97 Å². The minimum atomic E-state index is 0.000237. The van der Waals surface area contributed by atoms with Crippen LogP contribution in [0, 0.1) is 12.3 Å². The molecule has 1 heterocycles. The van der Waals surface area contributed by atoms with Crippen LogP contribution in [0.2, 0.25) is 5.02 Å². The Bertz CT molecular complexity index is 600. The number of aromatic nitrogens is 2. The van der Waals surface area contributed by atoms with Gasteiger partial charge < -0.3 is 5.73 Å². The van der Waals surface area contributed by atoms with Gasteiger partial charge in [0.2, 0.25) is 0 Å². The molecular formula is C12H11ClN4S. The Morgan fingerprint density at radius 1 is 1.39 bits per heavy atom. The maximum Gasteiger partial charge on any atom is 0.192 e. The molecule has 2 rings (SSSR count). The molecule has 0 radical (unpaired) electrons. The summed E-state index contributed by atoms with van der Waals surface area (Å²) in [6.07, 6.45) is 1.71. The van der Waals surface area contributed by atoms with Gasteiger partial charge in [0.05, 0.1) is 5.02 Å². The zero-order chi connectivity index (χ0) is 13.1. The van der Waals surface area contributed by atoms with Crippen molar-refractivity contribution < 1.29 is 0 Å². The first kappa shape index (κ1) is 12.9. The molecule has 18 heavy (non-hydrogen) atoms. The lowest BCUT2D eigenvalue weighted by atomic mass is 10.2. The quantitative estimate of drug-likeness (QED) is 0.514. The Labute approximate surface area is 114 Å². The van der Waals surface area contributed by atoms with Crippen molar-refractivity contribution in [1.29, 1.82) is 5.41 Å². The van der Waals surface area contributed by atoms with Crippen molar-refractivity contribution in [3.05, 3.63) is 46.7 Å². The van der Waals surface area contributed by atoms with Crippen LogP contribution >= 0.6 is 23.4 Å². The number of benzene rings is 1. The summed E-state index contributed by atoms with van der Waals surface area (Å²) >= 11 is 7.52. The summed E-state index contributed by atoms with van der Waals surface area (Å²) in [5.74, 6) is 0.000237. The molecule has 0 amide bonds. The number of rotatable bonds is 3. The number of nitrogens with zero attached hydrogens (tertiary/aromatic N) is 2. The number of nitrogens with one attached hydrogen (secondary N) is 1. The number of nitrogen functional groups attached to an aromatic ring is 1. The van der Waals surface area contributed by atoms with Gasteiger partial charge in [-0.15, -0.1) is 0 Å². The summed E-state index contributed by atoms with van der Waals surface area (Å²) < 4.78 is 0. The average Bonchev–Trinajstić information content (AvgIpc) is 2.31. The maximum absolute atomic E-state index is 7.34. The fourth-order valence-electron chi connectivity index (χ4n) is 1.32. The van der Waals surface area contributed by atoms with Crippen LogP contribution in [0.4, 0.5) is 0 Å². The molecule has 0 aliphatic rings. The minimum absolute atomic E-state index is 0.000237. The average molecular weight is 279 g/mol. The summed E-state index contributed by atoms with van der Waals surface area (Å²) in [4.78, 5) is 9.29. The van der Waals surface area contributed by atoms with E-state index < -0.39 is 0 Å². The summed E-state index contributed by atoms with van der Waals surface area (Å²) in [5.41, 5.74) is 6.91. The van der Waals surface area contributed by atoms with E-state index in [0.717, 1.165) is 10.6 Å². The van der Waals surface area contributed by atoms with E-state index in [-0.39, 0.29) is 5.84 Å². The maximum atomic E-state index is 7.34. The number of hydrogen-bond donors (Lipinski definition) is 2. The molecule has 6 heteroatoms. The molecular weight excluding hydrogens is 268 g/mol. The first-order valence-electron chi connectivity index (χ1n) is 5.17. The second-order valence-electron chi connectivity index (χ2n) is 3.64. The second-order valence-corrected chi connectivity index (χ2v) is 5.06. The number of halogens is 1. The predicted molar refractivity (Wildman–Crippen MR) is 73.4 cm³/mol. The van der Waals surface area contributed by atoms with E-state index in [1.165, 1.54) is 11.8 Å². The number of aryl methyl sites for hydroxylation is 1. The van der Waals surface area contributed by atoms with Gasteiger partial charge in [-0.1, -0.05) is 17.7 Å². The van der Waals surface area contributed by atoms with Crippen LogP contribution in [-0.4, -0.2) is 15.8 Å². The molecule has 0 unspecified atom stereocenters. The molecule has 0 bridgehead atoms. The van der Waals surface area contributed by atoms with E-state index >= 15 is 0 Å². The molecule has 0 saturated carbocycles. The van der Waals surface area contributed by atoms with Crippen LogP contribution in [0.5, 0.6) is 0 Å². The van der Waals surface area contributed by atoms with Crippen LogP contribution < -0.4 is 5.73 Å². The Morgan fingerprint density at radius 3 is 2.78 bits per heavy atom. The molecule has 2 aromatic rings. The monoisotopic (exact) mass is 278 g/mol. The molecule has 0 atom stereocenters. The van der Waals surface area contributed by atoms with E-state index in [1.807, 2.05) is 19.1 Å². The molecule has 1 aromatic heterocycles. The molecule has 0 saturated heterocycles. The fourth-order valence-corrected chi connectivity index (χ4v) is 2.41. The lowest BCUT2D eigenvalue weighted by molar-refractivity contribution is 0.932. The highest BCUT2D eigenvalue weighted by molar-refractivity contribution is 7.99. The summed E-state index contributed by atoms with van der Waals surface area (Å²) in [6, 6.07) is 7.08. The molecule has 1 aromatic carbocycles. The predicted octanol–water partition coefficient (Wildman–Crippen LogP) is 2.87. The van der Waals surface area contributed by atoms with Crippen LogP contribution in [0.1, 0.15) is 11.3 Å². The van der Waals surface area contributed by atoms with Gasteiger partial charge >= 0.3 is 0 Å². The van der Waals surface area contributed by atoms with Gasteiger partial charge in [0.15, 0.2) is 5.16 Å². The van der Waals surface area contributed by atoms with Crippen LogP contribution in [-0.2, 0) is 0 Å². The second kappa shape index (κ2) is 5.37. The van der Waals surface area contributed by atoms with E-state index in [1.54, 1.807) is 18.3 Å². The summed E-state index contributed by atoms with van der Waals surface area (Å²) in [5, 5.41) is 8.52. The Morgan fingerprint density at radius 2 is 2.17 bits per heavy atom. The first-order chi connectivity index (χ1) is 8.56. The third-order valence-electron chi connectivity index (χ3n) is 2.22. The van der Waals surface area contributed by atoms with E-state index in [0.29, 0.717) is 15.7 Å². The SMILES string of the molecule is Cc1ccnc(Sc2ccc(C(=N)N)cc2Cl)n1. The normalized spacial score (nSPS) is 10.3. The molecule has 0 spiro atoms. The van der Waals surface area contributed by atoms with Crippen molar-refractivity contribution in [2.24, 2.45) is 5.73 Å². The van der Waals surface area contributed by atoms with Crippen molar-refractivity contribution in [3.63, 3.8) is 0 Å². The molecule has 92 valence electrons. The highest BCUT2D eigenvalue weighted by atomic mass is 35.5. The Kier molecular flexibility index (Phi) is 3.84. The highest BCUT2D eigenvalue weighted by Crippen LogP contribution is 2.31. The molecule has 3 N–H and O–H groups in total. The third kappa shape index (κ3) is 3.00. The molecule has 0 fully saturated rings. The zero-order valence-electron chi connectivity index (χ0n) is 9.64. The van der Waals surface area contributed by atoms with Gasteiger partial charge in [-0.2, -0.15) is 0 Å². The molecule has 0 aliphatic carbocycles. The van der Waals surface area contributed by atoms with Crippen LogP contribution in [0.3, 0.4) is 0 Å². The standard InChI is InChI=1S/C12H11ClN4S/c1-7-4-5-16-12(17-7)18-10-3-2-8(11(14)15)6-9(10)13/h2-6H,1H3,(H3,14,15). The van der Waals surface area contributed by atoms with Crippen LogP contribution in [0.15, 0.2) is 40.5 Å². The minimum Gasteiger partial charge on any atom is -0.384 e. The summed E-state index contributed by atoms with van der Waals surface area (Å²) in [6.45, 7) is 1.91. The largest absolute Gasteiger partial charge is 0.384 e. The number of nitrogens with two attached hydrogens (primary N) is 1. The Hall–Kier alpha value is -1.59. The molecule has 0 aliphatic heterocycles. The molecule has 4 nitrogen and oxygen atoms in total. The van der Waals surface area contributed by atoms with Gasteiger partial charge in [0.1, 0.15) is 5.84 Å². The lowest BCUT2D eigenvalue weighted by Gasteiger charge is -2.05. The van der Waals surface area contributed by atoms with E-state index in [4.69, 9.17) is 22.7 Å². The first-order valence-corrected chi connectivity index (χ1v) is 6.37. The van der Waals surface area contributed by atoms with E-state index in [9.17, 15) is 0 Å². The van der Waals surface area contributed by atoms with Crippen molar-refractivity contribution >= 4 is 29.2 Å². The third-order valence-corrected chi connectivity index (χ3v) is 3.60. The van der Waals surface area contributed by atoms with Gasteiger partial charge in [0, 0.05) is 22.3 Å². The number of hydrogen-bond acceptors (Lipinski definition) is 4.